The Balaban J connectivity index is 1.71. The van der Waals surface area contributed by atoms with Gasteiger partial charge in [0.15, 0.2) is 0 Å². The summed E-state index contributed by atoms with van der Waals surface area (Å²) in [7, 11) is 0. The second kappa shape index (κ2) is 8.93. The number of carbonyl (C=O) groups excluding carboxylic acids is 1. The van der Waals surface area contributed by atoms with E-state index in [0.29, 0.717) is 12.3 Å². The van der Waals surface area contributed by atoms with Gasteiger partial charge in [0, 0.05) is 49.7 Å². The van der Waals surface area contributed by atoms with Crippen LogP contribution in [0.4, 0.5) is 5.95 Å². The molecule has 0 atom stereocenters. The quantitative estimate of drug-likeness (QED) is 0.845. The Kier molecular flexibility index (Phi) is 6.37. The molecule has 1 amide bonds. The molecule has 1 aliphatic heterocycles. The average Bonchev–Trinajstić information content (AvgIpc) is 2.69. The molecule has 2 aromatic heterocycles. The summed E-state index contributed by atoms with van der Waals surface area (Å²) in [5, 5.41) is 3.14. The van der Waals surface area contributed by atoms with Crippen LogP contribution in [0, 0.1) is 0 Å². The smallest absolute Gasteiger partial charge is 0.225 e. The van der Waals surface area contributed by atoms with Gasteiger partial charge in [-0.25, -0.2) is 9.97 Å². The van der Waals surface area contributed by atoms with E-state index in [1.807, 2.05) is 25.3 Å². The van der Waals surface area contributed by atoms with Gasteiger partial charge in [-0.3, -0.25) is 9.78 Å². The Hall–Kier alpha value is -2.50. The lowest BCUT2D eigenvalue weighted by molar-refractivity contribution is -0.121. The zero-order valence-electron chi connectivity index (χ0n) is 16.5. The average molecular weight is 367 g/mol. The molecule has 0 aliphatic carbocycles. The minimum Gasteiger partial charge on any atom is -0.353 e. The summed E-state index contributed by atoms with van der Waals surface area (Å²) in [5.74, 6) is 1.26. The first kappa shape index (κ1) is 19.3. The number of piperidine rings is 1. The zero-order valence-corrected chi connectivity index (χ0v) is 16.5. The number of carbonyl (C=O) groups is 1. The molecular weight excluding hydrogens is 338 g/mol. The lowest BCUT2D eigenvalue weighted by Crippen LogP contribution is -2.45. The van der Waals surface area contributed by atoms with Crippen LogP contribution in [-0.4, -0.2) is 40.0 Å². The van der Waals surface area contributed by atoms with Crippen molar-refractivity contribution in [3.8, 4) is 11.1 Å². The highest BCUT2D eigenvalue weighted by Gasteiger charge is 2.23. The molecule has 0 spiro atoms. The highest BCUT2D eigenvalue weighted by molar-refractivity contribution is 5.76. The molecule has 6 heteroatoms. The van der Waals surface area contributed by atoms with E-state index in [-0.39, 0.29) is 11.9 Å². The van der Waals surface area contributed by atoms with Gasteiger partial charge in [-0.15, -0.1) is 0 Å². The molecule has 3 rings (SSSR count). The van der Waals surface area contributed by atoms with Gasteiger partial charge in [-0.2, -0.15) is 0 Å². The van der Waals surface area contributed by atoms with Crippen LogP contribution in [0.25, 0.3) is 11.1 Å². The number of nitrogens with one attached hydrogen (secondary N) is 1. The molecule has 1 N–H and O–H groups in total. The number of pyridine rings is 1. The van der Waals surface area contributed by atoms with E-state index in [1.165, 1.54) is 0 Å². The minimum absolute atomic E-state index is 0.163. The Morgan fingerprint density at radius 2 is 1.96 bits per heavy atom. The van der Waals surface area contributed by atoms with Crippen LogP contribution in [0.5, 0.6) is 0 Å². The molecule has 144 valence electrons. The van der Waals surface area contributed by atoms with Crippen molar-refractivity contribution in [2.45, 2.75) is 58.4 Å². The molecule has 0 bridgehead atoms. The van der Waals surface area contributed by atoms with Crippen LogP contribution >= 0.6 is 0 Å². The van der Waals surface area contributed by atoms with Gasteiger partial charge in [0.2, 0.25) is 11.9 Å². The van der Waals surface area contributed by atoms with Crippen LogP contribution in [0.1, 0.15) is 58.1 Å². The Morgan fingerprint density at radius 3 is 2.59 bits per heavy atom. The Labute approximate surface area is 161 Å². The predicted molar refractivity (Wildman–Crippen MR) is 108 cm³/mol. The summed E-state index contributed by atoms with van der Waals surface area (Å²) in [6, 6.07) is 4.25. The summed E-state index contributed by atoms with van der Waals surface area (Å²) >= 11 is 0. The maximum Gasteiger partial charge on any atom is 0.225 e. The zero-order chi connectivity index (χ0) is 19.2. The molecule has 1 aliphatic rings. The first-order valence-electron chi connectivity index (χ1n) is 9.90. The molecule has 0 saturated carbocycles. The van der Waals surface area contributed by atoms with Gasteiger partial charge in [0.05, 0.1) is 5.69 Å². The van der Waals surface area contributed by atoms with E-state index in [4.69, 9.17) is 4.98 Å². The van der Waals surface area contributed by atoms with Gasteiger partial charge < -0.3 is 10.2 Å². The predicted octanol–water partition coefficient (Wildman–Crippen LogP) is 3.55. The molecule has 0 radical (unpaired) electrons. The summed E-state index contributed by atoms with van der Waals surface area (Å²) in [5.41, 5.74) is 3.22. The monoisotopic (exact) mass is 367 g/mol. The van der Waals surface area contributed by atoms with Crippen molar-refractivity contribution in [3.05, 3.63) is 36.4 Å². The molecule has 27 heavy (non-hydrogen) atoms. The third-order valence-electron chi connectivity index (χ3n) is 4.96. The summed E-state index contributed by atoms with van der Waals surface area (Å²) < 4.78 is 0. The van der Waals surface area contributed by atoms with Crippen molar-refractivity contribution in [1.82, 2.24) is 20.3 Å². The van der Waals surface area contributed by atoms with Gasteiger partial charge in [-0.1, -0.05) is 20.8 Å². The number of hydrogen-bond donors (Lipinski definition) is 1. The third kappa shape index (κ3) is 4.81. The first-order valence-corrected chi connectivity index (χ1v) is 9.90. The second-order valence-corrected chi connectivity index (χ2v) is 7.44. The highest BCUT2D eigenvalue weighted by Crippen LogP contribution is 2.29. The molecule has 2 aromatic rings. The number of amides is 1. The lowest BCUT2D eigenvalue weighted by Gasteiger charge is -2.32. The summed E-state index contributed by atoms with van der Waals surface area (Å²) in [6.07, 6.45) is 8.89. The second-order valence-electron chi connectivity index (χ2n) is 7.44. The van der Waals surface area contributed by atoms with Gasteiger partial charge in [0.1, 0.15) is 0 Å². The molecule has 1 saturated heterocycles. The number of anilines is 1. The fourth-order valence-electron chi connectivity index (χ4n) is 3.48. The van der Waals surface area contributed by atoms with E-state index in [9.17, 15) is 4.79 Å². The van der Waals surface area contributed by atoms with Crippen molar-refractivity contribution in [2.24, 2.45) is 0 Å². The van der Waals surface area contributed by atoms with E-state index in [2.05, 4.69) is 34.0 Å². The van der Waals surface area contributed by atoms with E-state index in [0.717, 1.165) is 55.1 Å². The van der Waals surface area contributed by atoms with Crippen molar-refractivity contribution >= 4 is 11.9 Å². The van der Waals surface area contributed by atoms with Gasteiger partial charge in [0.25, 0.3) is 0 Å². The van der Waals surface area contributed by atoms with Crippen LogP contribution in [0.2, 0.25) is 0 Å². The number of aromatic nitrogens is 3. The van der Waals surface area contributed by atoms with Crippen LogP contribution in [0.3, 0.4) is 0 Å². The molecule has 3 heterocycles. The molecule has 0 aromatic carbocycles. The van der Waals surface area contributed by atoms with Crippen LogP contribution in [-0.2, 0) is 4.79 Å². The summed E-state index contributed by atoms with van der Waals surface area (Å²) in [6.45, 7) is 8.08. The van der Waals surface area contributed by atoms with Crippen molar-refractivity contribution in [3.63, 3.8) is 0 Å². The van der Waals surface area contributed by atoms with E-state index >= 15 is 0 Å². The number of hydrogen-bond acceptors (Lipinski definition) is 5. The van der Waals surface area contributed by atoms with E-state index < -0.39 is 0 Å². The molecular formula is C21H29N5O. The van der Waals surface area contributed by atoms with Crippen LogP contribution < -0.4 is 10.2 Å². The third-order valence-corrected chi connectivity index (χ3v) is 4.96. The SMILES string of the molecule is CCCC(=O)NC1CCN(c2ncc(-c3ccncc3)c(C(C)C)n2)CC1. The van der Waals surface area contributed by atoms with Gasteiger partial charge in [-0.05, 0) is 42.9 Å². The number of nitrogens with zero attached hydrogens (tertiary/aromatic N) is 4. The standard InChI is InChI=1S/C21H29N5O/c1-4-5-19(27)24-17-8-12-26(13-9-17)21-23-14-18(20(25-21)15(2)3)16-6-10-22-11-7-16/h6-7,10-11,14-15,17H,4-5,8-9,12-13H2,1-3H3,(H,24,27). The maximum absolute atomic E-state index is 11.8. The minimum atomic E-state index is 0.163. The Morgan fingerprint density at radius 1 is 1.26 bits per heavy atom. The fraction of sp³-hybridized carbons (Fsp3) is 0.524. The maximum atomic E-state index is 11.8. The largest absolute Gasteiger partial charge is 0.353 e. The van der Waals surface area contributed by atoms with E-state index in [1.54, 1.807) is 12.4 Å². The fourth-order valence-corrected chi connectivity index (χ4v) is 3.48. The van der Waals surface area contributed by atoms with Gasteiger partial charge >= 0.3 is 0 Å². The van der Waals surface area contributed by atoms with Crippen molar-refractivity contribution in [1.29, 1.82) is 0 Å². The van der Waals surface area contributed by atoms with Crippen molar-refractivity contribution < 1.29 is 4.79 Å². The summed E-state index contributed by atoms with van der Waals surface area (Å²) in [4.78, 5) is 27.7. The normalized spacial score (nSPS) is 15.2. The molecule has 0 unspecified atom stereocenters. The number of rotatable bonds is 6. The van der Waals surface area contributed by atoms with Crippen molar-refractivity contribution in [2.75, 3.05) is 18.0 Å². The highest BCUT2D eigenvalue weighted by atomic mass is 16.1. The lowest BCUT2D eigenvalue weighted by atomic mass is 10.00. The molecule has 6 nitrogen and oxygen atoms in total. The van der Waals surface area contributed by atoms with Crippen LogP contribution in [0.15, 0.2) is 30.7 Å². The molecule has 1 fully saturated rings. The topological polar surface area (TPSA) is 71.0 Å². The Bertz CT molecular complexity index is 754. The first-order chi connectivity index (χ1) is 13.1.